The molecule has 0 unspecified atom stereocenters. The van der Waals surface area contributed by atoms with Crippen molar-refractivity contribution in [2.75, 3.05) is 5.32 Å². The topological polar surface area (TPSA) is 107 Å². The van der Waals surface area contributed by atoms with E-state index in [1.54, 1.807) is 35.1 Å². The molecule has 0 saturated heterocycles. The van der Waals surface area contributed by atoms with E-state index in [4.69, 9.17) is 16.7 Å². The van der Waals surface area contributed by atoms with Crippen molar-refractivity contribution in [2.45, 2.75) is 4.90 Å². The number of halogens is 1. The molecular formula is C22H17ClN4O3S. The Morgan fingerprint density at radius 1 is 0.935 bits per heavy atom. The maximum atomic E-state index is 13.1. The minimum absolute atomic E-state index is 0.0377. The molecule has 1 amide bonds. The van der Waals surface area contributed by atoms with Gasteiger partial charge in [-0.3, -0.25) is 4.79 Å². The highest BCUT2D eigenvalue weighted by molar-refractivity contribution is 7.89. The Labute approximate surface area is 184 Å². The van der Waals surface area contributed by atoms with Crippen molar-refractivity contribution < 1.29 is 13.2 Å². The Bertz CT molecular complexity index is 1330. The molecule has 3 aromatic carbocycles. The SMILES string of the molecule is NS(=O)(=O)c1ccc(NC(=O)c2cn(-c3ccccc3)nc2-c2ccc(Cl)cc2)cc1. The number of benzene rings is 3. The normalized spacial score (nSPS) is 11.3. The molecule has 1 heterocycles. The summed E-state index contributed by atoms with van der Waals surface area (Å²) in [5.41, 5.74) is 2.79. The monoisotopic (exact) mass is 452 g/mol. The number of nitrogens with one attached hydrogen (secondary N) is 1. The summed E-state index contributed by atoms with van der Waals surface area (Å²) in [7, 11) is -3.81. The molecule has 0 aliphatic heterocycles. The third kappa shape index (κ3) is 4.66. The van der Waals surface area contributed by atoms with Crippen LogP contribution in [0.4, 0.5) is 5.69 Å². The molecule has 4 rings (SSSR count). The van der Waals surface area contributed by atoms with Crippen molar-refractivity contribution in [3.8, 4) is 16.9 Å². The first-order chi connectivity index (χ1) is 14.8. The van der Waals surface area contributed by atoms with Crippen LogP contribution in [0.15, 0.2) is 90.0 Å². The molecule has 4 aromatic rings. The molecule has 31 heavy (non-hydrogen) atoms. The zero-order chi connectivity index (χ0) is 22.0. The number of carbonyl (C=O) groups is 1. The van der Waals surface area contributed by atoms with Gasteiger partial charge < -0.3 is 5.32 Å². The molecule has 0 spiro atoms. The Kier molecular flexibility index (Phi) is 5.60. The highest BCUT2D eigenvalue weighted by atomic mass is 35.5. The maximum absolute atomic E-state index is 13.1. The fourth-order valence-electron chi connectivity index (χ4n) is 3.00. The molecule has 9 heteroatoms. The van der Waals surface area contributed by atoms with Gasteiger partial charge in [-0.1, -0.05) is 41.9 Å². The van der Waals surface area contributed by atoms with Gasteiger partial charge in [0.25, 0.3) is 5.91 Å². The van der Waals surface area contributed by atoms with Gasteiger partial charge in [0.15, 0.2) is 0 Å². The summed E-state index contributed by atoms with van der Waals surface area (Å²) >= 11 is 6.00. The number of hydrogen-bond acceptors (Lipinski definition) is 4. The van der Waals surface area contributed by atoms with Crippen LogP contribution in [0.5, 0.6) is 0 Å². The number of rotatable bonds is 5. The van der Waals surface area contributed by atoms with Crippen molar-refractivity contribution in [2.24, 2.45) is 5.14 Å². The Morgan fingerprint density at radius 2 is 1.58 bits per heavy atom. The lowest BCUT2D eigenvalue weighted by Crippen LogP contribution is -2.14. The van der Waals surface area contributed by atoms with Gasteiger partial charge in [0.2, 0.25) is 10.0 Å². The first kappa shape index (κ1) is 20.8. The second-order valence-corrected chi connectivity index (χ2v) is 8.70. The average molecular weight is 453 g/mol. The Morgan fingerprint density at radius 3 is 2.19 bits per heavy atom. The van der Waals surface area contributed by atoms with E-state index in [1.165, 1.54) is 24.3 Å². The number of amides is 1. The number of anilines is 1. The number of aromatic nitrogens is 2. The summed E-state index contributed by atoms with van der Waals surface area (Å²) < 4.78 is 24.5. The van der Waals surface area contributed by atoms with Gasteiger partial charge in [-0.2, -0.15) is 5.10 Å². The predicted octanol–water partition coefficient (Wildman–Crippen LogP) is 4.09. The van der Waals surface area contributed by atoms with E-state index in [0.29, 0.717) is 22.0 Å². The van der Waals surface area contributed by atoms with Gasteiger partial charge in [0, 0.05) is 22.5 Å². The lowest BCUT2D eigenvalue weighted by Gasteiger charge is -2.06. The third-order valence-electron chi connectivity index (χ3n) is 4.54. The zero-order valence-corrected chi connectivity index (χ0v) is 17.6. The minimum Gasteiger partial charge on any atom is -0.322 e. The quantitative estimate of drug-likeness (QED) is 0.475. The van der Waals surface area contributed by atoms with E-state index in [2.05, 4.69) is 10.4 Å². The fourth-order valence-corrected chi connectivity index (χ4v) is 3.64. The van der Waals surface area contributed by atoms with Gasteiger partial charge >= 0.3 is 0 Å². The van der Waals surface area contributed by atoms with Gasteiger partial charge in [0.05, 0.1) is 16.1 Å². The molecule has 7 nitrogen and oxygen atoms in total. The third-order valence-corrected chi connectivity index (χ3v) is 5.72. The van der Waals surface area contributed by atoms with Gasteiger partial charge in [-0.25, -0.2) is 18.2 Å². The number of nitrogens with zero attached hydrogens (tertiary/aromatic N) is 2. The van der Waals surface area contributed by atoms with E-state index in [1.807, 2.05) is 30.3 Å². The number of primary sulfonamides is 1. The summed E-state index contributed by atoms with van der Waals surface area (Å²) in [6, 6.07) is 22.1. The maximum Gasteiger partial charge on any atom is 0.259 e. The molecule has 0 aliphatic rings. The van der Waals surface area contributed by atoms with Crippen molar-refractivity contribution >= 4 is 33.2 Å². The van der Waals surface area contributed by atoms with Crippen LogP contribution in [0.2, 0.25) is 5.02 Å². The van der Waals surface area contributed by atoms with Crippen LogP contribution < -0.4 is 10.5 Å². The first-order valence-electron chi connectivity index (χ1n) is 9.16. The van der Waals surface area contributed by atoms with Crippen molar-refractivity contribution in [1.82, 2.24) is 9.78 Å². The second kappa shape index (κ2) is 8.35. The van der Waals surface area contributed by atoms with E-state index in [-0.39, 0.29) is 4.90 Å². The highest BCUT2D eigenvalue weighted by Gasteiger charge is 2.19. The predicted molar refractivity (Wildman–Crippen MR) is 120 cm³/mol. The molecule has 3 N–H and O–H groups in total. The largest absolute Gasteiger partial charge is 0.322 e. The standard InChI is InChI=1S/C22H17ClN4O3S/c23-16-8-6-15(7-9-16)21-20(14-27(26-21)18-4-2-1-3-5-18)22(28)25-17-10-12-19(13-11-17)31(24,29)30/h1-14H,(H,25,28)(H2,24,29,30). The molecule has 1 aromatic heterocycles. The molecule has 0 fully saturated rings. The molecule has 0 atom stereocenters. The van der Waals surface area contributed by atoms with Crippen LogP contribution in [0.1, 0.15) is 10.4 Å². The summed E-state index contributed by atoms with van der Waals surface area (Å²) in [5, 5.41) is 13.1. The number of sulfonamides is 1. The van der Waals surface area contributed by atoms with Crippen LogP contribution in [-0.2, 0) is 10.0 Å². The molecule has 0 aliphatic carbocycles. The summed E-state index contributed by atoms with van der Waals surface area (Å²) in [6.07, 6.45) is 1.65. The smallest absolute Gasteiger partial charge is 0.259 e. The first-order valence-corrected chi connectivity index (χ1v) is 11.1. The van der Waals surface area contributed by atoms with E-state index in [9.17, 15) is 13.2 Å². The van der Waals surface area contributed by atoms with Crippen LogP contribution >= 0.6 is 11.6 Å². The molecular weight excluding hydrogens is 436 g/mol. The number of carbonyl (C=O) groups excluding carboxylic acids is 1. The van der Waals surface area contributed by atoms with Crippen LogP contribution in [0.25, 0.3) is 16.9 Å². The van der Waals surface area contributed by atoms with Crippen molar-refractivity contribution in [3.63, 3.8) is 0 Å². The molecule has 0 radical (unpaired) electrons. The van der Waals surface area contributed by atoms with Gasteiger partial charge in [-0.05, 0) is 48.5 Å². The van der Waals surface area contributed by atoms with Crippen molar-refractivity contribution in [3.05, 3.63) is 95.6 Å². The number of para-hydroxylation sites is 1. The van der Waals surface area contributed by atoms with Crippen LogP contribution in [0.3, 0.4) is 0 Å². The minimum atomic E-state index is -3.81. The molecule has 156 valence electrons. The summed E-state index contributed by atoms with van der Waals surface area (Å²) in [4.78, 5) is 13.0. The lowest BCUT2D eigenvalue weighted by molar-refractivity contribution is 0.102. The lowest BCUT2D eigenvalue weighted by atomic mass is 10.1. The number of hydrogen-bond donors (Lipinski definition) is 2. The fraction of sp³-hybridized carbons (Fsp3) is 0. The van der Waals surface area contributed by atoms with E-state index < -0.39 is 15.9 Å². The van der Waals surface area contributed by atoms with Gasteiger partial charge in [0.1, 0.15) is 5.69 Å². The van der Waals surface area contributed by atoms with Crippen LogP contribution in [0, 0.1) is 0 Å². The number of nitrogens with two attached hydrogens (primary N) is 1. The zero-order valence-electron chi connectivity index (χ0n) is 16.1. The Hall–Kier alpha value is -3.46. The van der Waals surface area contributed by atoms with Crippen LogP contribution in [-0.4, -0.2) is 24.1 Å². The highest BCUT2D eigenvalue weighted by Crippen LogP contribution is 2.26. The average Bonchev–Trinajstić information content (AvgIpc) is 3.20. The Balaban J connectivity index is 1.71. The van der Waals surface area contributed by atoms with E-state index >= 15 is 0 Å². The molecule has 0 bridgehead atoms. The van der Waals surface area contributed by atoms with Crippen molar-refractivity contribution in [1.29, 1.82) is 0 Å². The summed E-state index contributed by atoms with van der Waals surface area (Å²) in [5.74, 6) is -0.393. The van der Waals surface area contributed by atoms with Gasteiger partial charge in [-0.15, -0.1) is 0 Å². The van der Waals surface area contributed by atoms with E-state index in [0.717, 1.165) is 11.3 Å². The summed E-state index contributed by atoms with van der Waals surface area (Å²) in [6.45, 7) is 0. The molecule has 0 saturated carbocycles. The second-order valence-electron chi connectivity index (χ2n) is 6.70.